The molecule has 0 unspecified atom stereocenters. The van der Waals surface area contributed by atoms with Gasteiger partial charge in [-0.1, -0.05) is 0 Å². The van der Waals surface area contributed by atoms with Crippen LogP contribution in [0.5, 0.6) is 0 Å². The zero-order valence-corrected chi connectivity index (χ0v) is 13.0. The maximum atomic E-state index is 12.4. The number of carbonyl (C=O) groups is 2. The maximum Gasteiger partial charge on any atom is 0.280 e. The molecule has 0 aromatic carbocycles. The monoisotopic (exact) mass is 321 g/mol. The Hall–Kier alpha value is -2.75. The fourth-order valence-electron chi connectivity index (χ4n) is 2.14. The van der Waals surface area contributed by atoms with Crippen molar-refractivity contribution in [3.8, 4) is 0 Å². The summed E-state index contributed by atoms with van der Waals surface area (Å²) in [5.41, 5.74) is 5.40. The number of likely N-dealkylation sites (N-methyl/N-ethyl adjacent to an activating group) is 1. The van der Waals surface area contributed by atoms with Gasteiger partial charge in [0.2, 0.25) is 11.9 Å². The molecule has 0 saturated heterocycles. The number of amides is 1. The zero-order chi connectivity index (χ0) is 17.0. The number of Topliss-reactive ketones (excluding diaryl/α,β-unsaturated/α-hetero) is 1. The first-order chi connectivity index (χ1) is 10.9. The standard InChI is InChI=1S/C13H19N7O3/c1-8(21)5-19(4-3-15-2)9(22)6-20-7-16-10-11(20)17-13(14)18-12(10)23/h7,15H,3-6H2,1-2H3,(H3,14,17,18,23). The summed E-state index contributed by atoms with van der Waals surface area (Å²) in [6.45, 7) is 2.34. The second-order valence-electron chi connectivity index (χ2n) is 5.12. The number of aromatic nitrogens is 4. The van der Waals surface area contributed by atoms with Crippen LogP contribution in [0.25, 0.3) is 11.2 Å². The van der Waals surface area contributed by atoms with E-state index >= 15 is 0 Å². The molecule has 0 spiro atoms. The molecule has 0 fully saturated rings. The molecule has 23 heavy (non-hydrogen) atoms. The highest BCUT2D eigenvalue weighted by atomic mass is 16.2. The number of nitrogens with two attached hydrogens (primary N) is 1. The quantitative estimate of drug-likeness (QED) is 0.554. The minimum Gasteiger partial charge on any atom is -0.369 e. The molecule has 2 rings (SSSR count). The number of imidazole rings is 1. The minimum atomic E-state index is -0.463. The summed E-state index contributed by atoms with van der Waals surface area (Å²) in [6.07, 6.45) is 1.36. The van der Waals surface area contributed by atoms with Gasteiger partial charge in [-0.25, -0.2) is 4.98 Å². The van der Waals surface area contributed by atoms with Crippen LogP contribution < -0.4 is 16.6 Å². The molecule has 0 aliphatic rings. The molecule has 1 amide bonds. The van der Waals surface area contributed by atoms with Gasteiger partial charge in [0.25, 0.3) is 5.56 Å². The Kier molecular flexibility index (Phi) is 5.06. The van der Waals surface area contributed by atoms with Gasteiger partial charge in [-0.2, -0.15) is 4.98 Å². The predicted molar refractivity (Wildman–Crippen MR) is 83.7 cm³/mol. The van der Waals surface area contributed by atoms with Gasteiger partial charge in [-0.15, -0.1) is 0 Å². The smallest absolute Gasteiger partial charge is 0.280 e. The zero-order valence-electron chi connectivity index (χ0n) is 13.0. The Morgan fingerprint density at radius 3 is 2.87 bits per heavy atom. The number of carbonyl (C=O) groups excluding carboxylic acids is 2. The van der Waals surface area contributed by atoms with Crippen molar-refractivity contribution in [2.24, 2.45) is 0 Å². The largest absolute Gasteiger partial charge is 0.369 e. The van der Waals surface area contributed by atoms with E-state index in [4.69, 9.17) is 5.73 Å². The topological polar surface area (TPSA) is 139 Å². The predicted octanol–water partition coefficient (Wildman–Crippen LogP) is -1.66. The third-order valence-electron chi connectivity index (χ3n) is 3.20. The second-order valence-corrected chi connectivity index (χ2v) is 5.12. The van der Waals surface area contributed by atoms with E-state index in [1.54, 1.807) is 7.05 Å². The first-order valence-corrected chi connectivity index (χ1v) is 7.04. The van der Waals surface area contributed by atoms with E-state index in [1.165, 1.54) is 22.7 Å². The lowest BCUT2D eigenvalue weighted by molar-refractivity contribution is -0.135. The third-order valence-corrected chi connectivity index (χ3v) is 3.20. The van der Waals surface area contributed by atoms with Crippen molar-refractivity contribution in [3.05, 3.63) is 16.7 Å². The van der Waals surface area contributed by atoms with Crippen molar-refractivity contribution >= 4 is 28.8 Å². The number of hydrogen-bond acceptors (Lipinski definition) is 7. The number of nitrogens with zero attached hydrogens (tertiary/aromatic N) is 4. The van der Waals surface area contributed by atoms with Crippen molar-refractivity contribution < 1.29 is 9.59 Å². The third kappa shape index (κ3) is 3.92. The summed E-state index contributed by atoms with van der Waals surface area (Å²) in [7, 11) is 1.76. The highest BCUT2D eigenvalue weighted by Gasteiger charge is 2.18. The van der Waals surface area contributed by atoms with E-state index in [-0.39, 0.29) is 41.9 Å². The van der Waals surface area contributed by atoms with E-state index < -0.39 is 5.56 Å². The number of aromatic amines is 1. The summed E-state index contributed by atoms with van der Waals surface area (Å²) in [4.78, 5) is 47.2. The van der Waals surface area contributed by atoms with Gasteiger partial charge in [-0.05, 0) is 14.0 Å². The summed E-state index contributed by atoms with van der Waals surface area (Å²) in [5, 5.41) is 2.93. The number of nitrogens with one attached hydrogen (secondary N) is 2. The molecule has 0 saturated carbocycles. The van der Waals surface area contributed by atoms with Crippen molar-refractivity contribution in [2.45, 2.75) is 13.5 Å². The number of anilines is 1. The Bertz CT molecular complexity index is 779. The molecule has 2 heterocycles. The Labute approximate surface area is 131 Å². The lowest BCUT2D eigenvalue weighted by Gasteiger charge is -2.21. The van der Waals surface area contributed by atoms with Crippen LogP contribution in [-0.2, 0) is 16.1 Å². The molecule has 0 atom stereocenters. The van der Waals surface area contributed by atoms with Crippen molar-refractivity contribution in [3.63, 3.8) is 0 Å². The molecule has 10 heteroatoms. The number of nitrogen functional groups attached to an aromatic ring is 1. The number of ketones is 1. The number of rotatable bonds is 7. The van der Waals surface area contributed by atoms with Crippen molar-refractivity contribution in [2.75, 3.05) is 32.4 Å². The Morgan fingerprint density at radius 2 is 2.22 bits per heavy atom. The lowest BCUT2D eigenvalue weighted by Crippen LogP contribution is -2.40. The fraction of sp³-hybridized carbons (Fsp3) is 0.462. The van der Waals surface area contributed by atoms with Gasteiger partial charge in [0.15, 0.2) is 11.2 Å². The van der Waals surface area contributed by atoms with Crippen molar-refractivity contribution in [1.82, 2.24) is 29.7 Å². The number of hydrogen-bond donors (Lipinski definition) is 3. The van der Waals surface area contributed by atoms with E-state index in [1.807, 2.05) is 0 Å². The molecule has 4 N–H and O–H groups in total. The van der Waals surface area contributed by atoms with Gasteiger partial charge < -0.3 is 20.5 Å². The van der Waals surface area contributed by atoms with Gasteiger partial charge in [0.1, 0.15) is 12.3 Å². The maximum absolute atomic E-state index is 12.4. The average molecular weight is 321 g/mol. The SMILES string of the molecule is CNCCN(CC(C)=O)C(=O)Cn1cnc2c(=O)[nH]c(N)nc21. The van der Waals surface area contributed by atoms with Gasteiger partial charge in [0, 0.05) is 13.1 Å². The molecule has 124 valence electrons. The Morgan fingerprint density at radius 1 is 1.48 bits per heavy atom. The molecule has 0 bridgehead atoms. The van der Waals surface area contributed by atoms with Crippen LogP contribution >= 0.6 is 0 Å². The molecule has 0 aliphatic heterocycles. The lowest BCUT2D eigenvalue weighted by atomic mass is 10.3. The van der Waals surface area contributed by atoms with Gasteiger partial charge in [0.05, 0.1) is 12.9 Å². The molecule has 0 aliphatic carbocycles. The van der Waals surface area contributed by atoms with Crippen molar-refractivity contribution in [1.29, 1.82) is 0 Å². The summed E-state index contributed by atoms with van der Waals surface area (Å²) >= 11 is 0. The van der Waals surface area contributed by atoms with E-state index in [2.05, 4.69) is 20.3 Å². The van der Waals surface area contributed by atoms with Crippen LogP contribution in [0, 0.1) is 0 Å². The number of fused-ring (bicyclic) bond motifs is 1. The fourth-order valence-corrected chi connectivity index (χ4v) is 2.14. The van der Waals surface area contributed by atoms with Crippen LogP contribution in [0.4, 0.5) is 5.95 Å². The summed E-state index contributed by atoms with van der Waals surface area (Å²) < 4.78 is 1.44. The molecule has 2 aromatic rings. The van der Waals surface area contributed by atoms with Crippen LogP contribution in [0.1, 0.15) is 6.92 Å². The first-order valence-electron chi connectivity index (χ1n) is 7.04. The molecule has 2 aromatic heterocycles. The average Bonchev–Trinajstić information content (AvgIpc) is 2.86. The molecule has 0 radical (unpaired) electrons. The summed E-state index contributed by atoms with van der Waals surface area (Å²) in [6, 6.07) is 0. The van der Waals surface area contributed by atoms with E-state index in [0.717, 1.165) is 0 Å². The molecular formula is C13H19N7O3. The minimum absolute atomic E-state index is 0.0310. The normalized spacial score (nSPS) is 10.9. The van der Waals surface area contributed by atoms with Gasteiger partial charge >= 0.3 is 0 Å². The van der Waals surface area contributed by atoms with Crippen LogP contribution in [0.2, 0.25) is 0 Å². The van der Waals surface area contributed by atoms with Gasteiger partial charge in [-0.3, -0.25) is 19.4 Å². The van der Waals surface area contributed by atoms with E-state index in [9.17, 15) is 14.4 Å². The van der Waals surface area contributed by atoms with Crippen LogP contribution in [0.3, 0.4) is 0 Å². The molecule has 10 nitrogen and oxygen atoms in total. The van der Waals surface area contributed by atoms with E-state index in [0.29, 0.717) is 13.1 Å². The highest BCUT2D eigenvalue weighted by molar-refractivity contribution is 5.85. The highest BCUT2D eigenvalue weighted by Crippen LogP contribution is 2.07. The summed E-state index contributed by atoms with van der Waals surface area (Å²) in [5.74, 6) is -0.424. The second kappa shape index (κ2) is 7.01. The van der Waals surface area contributed by atoms with Crippen LogP contribution in [-0.4, -0.2) is 62.8 Å². The number of H-pyrrole nitrogens is 1. The Balaban J connectivity index is 2.24. The first kappa shape index (κ1) is 16.6. The molecular weight excluding hydrogens is 302 g/mol. The van der Waals surface area contributed by atoms with Crippen LogP contribution in [0.15, 0.2) is 11.1 Å².